The van der Waals surface area contributed by atoms with Crippen LogP contribution in [-0.2, 0) is 9.53 Å². The molecule has 0 spiro atoms. The zero-order valence-corrected chi connectivity index (χ0v) is 24.2. The Hall–Kier alpha value is -4.19. The molecule has 41 heavy (non-hydrogen) atoms. The molecule has 1 N–H and O–H groups in total. The van der Waals surface area contributed by atoms with Gasteiger partial charge < -0.3 is 19.7 Å². The molecule has 2 aromatic carbocycles. The molecule has 1 aliphatic heterocycles. The van der Waals surface area contributed by atoms with E-state index in [0.29, 0.717) is 46.8 Å². The molecular weight excluding hydrogens is 514 g/mol. The zero-order chi connectivity index (χ0) is 29.2. The minimum absolute atomic E-state index is 0.112. The predicted molar refractivity (Wildman–Crippen MR) is 166 cm³/mol. The summed E-state index contributed by atoms with van der Waals surface area (Å²) in [5, 5.41) is 14.0. The quantitative estimate of drug-likeness (QED) is 0.248. The normalized spacial score (nSPS) is 14.9. The number of benzene rings is 2. The number of nitrogens with zero attached hydrogens (tertiary/aromatic N) is 4. The third-order valence-electron chi connectivity index (χ3n) is 7.04. The van der Waals surface area contributed by atoms with Crippen molar-refractivity contribution in [1.29, 1.82) is 5.26 Å². The molecule has 1 aliphatic rings. The SMILES string of the molecule is C=Cc1cccc(Nc2c(C#N)cnc3cc(O[C@H]4CCOC4)c(N(C)C(=O)/C=C/CN(CCC)CCC)cc23)c1. The van der Waals surface area contributed by atoms with Crippen molar-refractivity contribution in [2.75, 3.05) is 50.1 Å². The topological polar surface area (TPSA) is 90.7 Å². The molecule has 0 aliphatic carbocycles. The Labute approximate surface area is 242 Å². The third-order valence-corrected chi connectivity index (χ3v) is 7.04. The van der Waals surface area contributed by atoms with Gasteiger partial charge >= 0.3 is 0 Å². The minimum atomic E-state index is -0.164. The van der Waals surface area contributed by atoms with Crippen LogP contribution in [0.25, 0.3) is 17.0 Å². The lowest BCUT2D eigenvalue weighted by Gasteiger charge is -2.23. The lowest BCUT2D eigenvalue weighted by atomic mass is 10.1. The first-order valence-electron chi connectivity index (χ1n) is 14.2. The van der Waals surface area contributed by atoms with Gasteiger partial charge in [0.25, 0.3) is 5.91 Å². The van der Waals surface area contributed by atoms with E-state index >= 15 is 0 Å². The first kappa shape index (κ1) is 29.8. The fourth-order valence-electron chi connectivity index (χ4n) is 4.92. The van der Waals surface area contributed by atoms with Gasteiger partial charge in [-0.05, 0) is 49.7 Å². The van der Waals surface area contributed by atoms with E-state index < -0.39 is 0 Å². The summed E-state index contributed by atoms with van der Waals surface area (Å²) in [5.41, 5.74) is 4.02. The highest BCUT2D eigenvalue weighted by molar-refractivity contribution is 6.06. The monoisotopic (exact) mass is 553 g/mol. The van der Waals surface area contributed by atoms with E-state index in [1.54, 1.807) is 30.3 Å². The smallest absolute Gasteiger partial charge is 0.250 e. The van der Waals surface area contributed by atoms with Crippen molar-refractivity contribution in [2.45, 2.75) is 39.2 Å². The maximum absolute atomic E-state index is 13.4. The molecule has 1 saturated heterocycles. The number of rotatable bonds is 13. The van der Waals surface area contributed by atoms with E-state index in [1.807, 2.05) is 42.5 Å². The number of pyridine rings is 1. The van der Waals surface area contributed by atoms with Crippen LogP contribution in [0, 0.1) is 11.3 Å². The average Bonchev–Trinajstić information content (AvgIpc) is 3.50. The van der Waals surface area contributed by atoms with E-state index in [2.05, 4.69) is 41.7 Å². The van der Waals surface area contributed by atoms with Crippen molar-refractivity contribution in [3.05, 3.63) is 72.5 Å². The van der Waals surface area contributed by atoms with Crippen LogP contribution in [0.5, 0.6) is 5.75 Å². The number of aromatic nitrogens is 1. The Kier molecular flexibility index (Phi) is 10.5. The van der Waals surface area contributed by atoms with Crippen molar-refractivity contribution in [3.63, 3.8) is 0 Å². The molecule has 214 valence electrons. The molecule has 1 fully saturated rings. The summed E-state index contributed by atoms with van der Waals surface area (Å²) in [7, 11) is 1.74. The molecule has 2 heterocycles. The number of hydrogen-bond donors (Lipinski definition) is 1. The van der Waals surface area contributed by atoms with Crippen molar-refractivity contribution in [1.82, 2.24) is 9.88 Å². The summed E-state index contributed by atoms with van der Waals surface area (Å²) in [5.74, 6) is 0.384. The van der Waals surface area contributed by atoms with E-state index in [4.69, 9.17) is 9.47 Å². The largest absolute Gasteiger partial charge is 0.486 e. The molecule has 8 heteroatoms. The van der Waals surface area contributed by atoms with Crippen LogP contribution in [0.15, 0.2) is 61.3 Å². The van der Waals surface area contributed by atoms with Crippen LogP contribution in [0.2, 0.25) is 0 Å². The molecule has 1 aromatic heterocycles. The van der Waals surface area contributed by atoms with Gasteiger partial charge in [-0.15, -0.1) is 0 Å². The number of fused-ring (bicyclic) bond motifs is 1. The Balaban J connectivity index is 1.73. The summed E-state index contributed by atoms with van der Waals surface area (Å²) in [4.78, 5) is 21.9. The number of anilines is 3. The second kappa shape index (κ2) is 14.4. The number of ether oxygens (including phenoxy) is 2. The van der Waals surface area contributed by atoms with Gasteiger partial charge in [-0.3, -0.25) is 14.7 Å². The van der Waals surface area contributed by atoms with Crippen LogP contribution < -0.4 is 15.0 Å². The zero-order valence-electron chi connectivity index (χ0n) is 24.2. The number of likely N-dealkylation sites (N-methyl/N-ethyl adjacent to an activating group) is 1. The summed E-state index contributed by atoms with van der Waals surface area (Å²) < 4.78 is 11.9. The molecule has 0 radical (unpaired) electrons. The molecular formula is C33H39N5O3. The number of carbonyl (C=O) groups excluding carboxylic acids is 1. The van der Waals surface area contributed by atoms with Crippen LogP contribution in [0.3, 0.4) is 0 Å². The molecule has 1 atom stereocenters. The number of nitrogens with one attached hydrogen (secondary N) is 1. The molecule has 0 unspecified atom stereocenters. The number of hydrogen-bond acceptors (Lipinski definition) is 7. The van der Waals surface area contributed by atoms with E-state index in [-0.39, 0.29) is 12.0 Å². The van der Waals surface area contributed by atoms with Crippen molar-refractivity contribution in [2.24, 2.45) is 0 Å². The summed E-state index contributed by atoms with van der Waals surface area (Å²) in [6.07, 6.45) is 9.66. The minimum Gasteiger partial charge on any atom is -0.486 e. The van der Waals surface area contributed by atoms with E-state index in [0.717, 1.165) is 50.1 Å². The van der Waals surface area contributed by atoms with Gasteiger partial charge in [-0.1, -0.05) is 44.7 Å². The molecule has 0 bridgehead atoms. The predicted octanol–water partition coefficient (Wildman–Crippen LogP) is 6.30. The maximum Gasteiger partial charge on any atom is 0.250 e. The Morgan fingerprint density at radius 2 is 2.07 bits per heavy atom. The summed E-state index contributed by atoms with van der Waals surface area (Å²) in [6, 6.07) is 13.7. The average molecular weight is 554 g/mol. The first-order valence-corrected chi connectivity index (χ1v) is 14.2. The number of nitriles is 1. The van der Waals surface area contributed by atoms with Crippen molar-refractivity contribution < 1.29 is 14.3 Å². The molecule has 3 aromatic rings. The van der Waals surface area contributed by atoms with Gasteiger partial charge in [0.2, 0.25) is 0 Å². The van der Waals surface area contributed by atoms with E-state index in [9.17, 15) is 10.1 Å². The van der Waals surface area contributed by atoms with Gasteiger partial charge in [0.15, 0.2) is 0 Å². The maximum atomic E-state index is 13.4. The van der Waals surface area contributed by atoms with Crippen molar-refractivity contribution in [3.8, 4) is 11.8 Å². The molecule has 1 amide bonds. The second-order valence-corrected chi connectivity index (χ2v) is 10.2. The highest BCUT2D eigenvalue weighted by Gasteiger charge is 2.23. The molecule has 8 nitrogen and oxygen atoms in total. The van der Waals surface area contributed by atoms with Crippen LogP contribution in [0.4, 0.5) is 17.1 Å². The van der Waals surface area contributed by atoms with Crippen molar-refractivity contribution >= 4 is 39.9 Å². The Morgan fingerprint density at radius 1 is 1.27 bits per heavy atom. The highest BCUT2D eigenvalue weighted by atomic mass is 16.5. The molecule has 4 rings (SSSR count). The van der Waals surface area contributed by atoms with Gasteiger partial charge in [-0.25, -0.2) is 0 Å². The Bertz CT molecular complexity index is 1430. The van der Waals surface area contributed by atoms with Gasteiger partial charge in [0, 0.05) is 49.4 Å². The fraction of sp³-hybridized carbons (Fsp3) is 0.364. The third kappa shape index (κ3) is 7.51. The number of carbonyl (C=O) groups is 1. The van der Waals surface area contributed by atoms with Gasteiger partial charge in [0.1, 0.15) is 17.9 Å². The van der Waals surface area contributed by atoms with Gasteiger partial charge in [-0.2, -0.15) is 5.26 Å². The summed E-state index contributed by atoms with van der Waals surface area (Å²) in [6.45, 7) is 12.0. The lowest BCUT2D eigenvalue weighted by molar-refractivity contribution is -0.113. The standard InChI is InChI=1S/C33H39N5O3/c1-5-14-38(15-6-2)16-9-12-32(39)37(4)30-19-28-29(20-31(30)41-27-13-17-40-23-27)35-22-25(21-34)33(28)36-26-11-8-10-24(7-3)18-26/h7-12,18-20,22,27H,3,5-6,13-17,23H2,1-2,4H3,(H,35,36)/b12-9+/t27-/m0/s1. The van der Waals surface area contributed by atoms with Crippen LogP contribution >= 0.6 is 0 Å². The van der Waals surface area contributed by atoms with Crippen LogP contribution in [0.1, 0.15) is 44.2 Å². The highest BCUT2D eigenvalue weighted by Crippen LogP contribution is 2.38. The van der Waals surface area contributed by atoms with Gasteiger partial charge in [0.05, 0.1) is 35.7 Å². The summed E-state index contributed by atoms with van der Waals surface area (Å²) >= 11 is 0. The fourth-order valence-corrected chi connectivity index (χ4v) is 4.92. The first-order chi connectivity index (χ1) is 20.0. The number of amides is 1. The second-order valence-electron chi connectivity index (χ2n) is 10.2. The lowest BCUT2D eigenvalue weighted by Crippen LogP contribution is -2.28. The van der Waals surface area contributed by atoms with E-state index in [1.165, 1.54) is 0 Å². The Morgan fingerprint density at radius 3 is 2.76 bits per heavy atom. The van der Waals surface area contributed by atoms with Crippen LogP contribution in [-0.4, -0.2) is 61.8 Å². The molecule has 0 saturated carbocycles.